The average molecular weight is 236 g/mol. The summed E-state index contributed by atoms with van der Waals surface area (Å²) < 4.78 is 4.85. The highest BCUT2D eigenvalue weighted by molar-refractivity contribution is 5.85. The second-order valence-corrected chi connectivity index (χ2v) is 4.18. The molecule has 4 heteroatoms. The van der Waals surface area contributed by atoms with E-state index in [1.807, 2.05) is 7.05 Å². The molecule has 0 radical (unpaired) electrons. The molecule has 90 valence electrons. The van der Waals surface area contributed by atoms with Gasteiger partial charge in [-0.25, -0.2) is 0 Å². The number of ether oxygens (including phenoxy) is 1. The van der Waals surface area contributed by atoms with Gasteiger partial charge in [0.2, 0.25) is 0 Å². The second-order valence-electron chi connectivity index (χ2n) is 4.18. The van der Waals surface area contributed by atoms with Crippen LogP contribution in [0.2, 0.25) is 0 Å². The van der Waals surface area contributed by atoms with Crippen LogP contribution in [0.25, 0.3) is 0 Å². The minimum Gasteiger partial charge on any atom is -0.468 e. The van der Waals surface area contributed by atoms with Crippen LogP contribution >= 0.6 is 12.4 Å². The molecule has 0 atom stereocenters. The van der Waals surface area contributed by atoms with Gasteiger partial charge in [0.1, 0.15) is 5.54 Å². The van der Waals surface area contributed by atoms with E-state index >= 15 is 0 Å². The average Bonchev–Trinajstić information content (AvgIpc) is 2.28. The molecule has 15 heavy (non-hydrogen) atoms. The summed E-state index contributed by atoms with van der Waals surface area (Å²) in [6.45, 7) is 2.22. The van der Waals surface area contributed by atoms with Crippen molar-refractivity contribution in [3.8, 4) is 0 Å². The summed E-state index contributed by atoms with van der Waals surface area (Å²) in [5.41, 5.74) is -0.402. The zero-order chi connectivity index (χ0) is 10.6. The number of likely N-dealkylation sites (N-methyl/N-ethyl adjacent to an activating group) is 1. The molecule has 0 amide bonds. The highest BCUT2D eigenvalue weighted by Gasteiger charge is 2.40. The van der Waals surface area contributed by atoms with Crippen LogP contribution in [0.15, 0.2) is 0 Å². The highest BCUT2D eigenvalue weighted by Crippen LogP contribution is 2.34. The first kappa shape index (κ1) is 14.7. The summed E-state index contributed by atoms with van der Waals surface area (Å²) in [7, 11) is 3.32. The lowest BCUT2D eigenvalue weighted by Gasteiger charge is -2.37. The second kappa shape index (κ2) is 6.33. The molecule has 3 nitrogen and oxygen atoms in total. The van der Waals surface area contributed by atoms with Crippen LogP contribution in [-0.2, 0) is 9.53 Å². The smallest absolute Gasteiger partial charge is 0.326 e. The molecule has 0 aliphatic heterocycles. The van der Waals surface area contributed by atoms with E-state index in [9.17, 15) is 4.79 Å². The Morgan fingerprint density at radius 2 is 2.00 bits per heavy atom. The Morgan fingerprint density at radius 3 is 2.33 bits per heavy atom. The molecule has 0 aromatic rings. The van der Waals surface area contributed by atoms with Gasteiger partial charge in [-0.2, -0.15) is 0 Å². The molecule has 1 aliphatic carbocycles. The molecule has 1 rings (SSSR count). The maximum absolute atomic E-state index is 11.6. The molecule has 1 aliphatic rings. The topological polar surface area (TPSA) is 38.3 Å². The van der Waals surface area contributed by atoms with Crippen LogP contribution in [0.4, 0.5) is 0 Å². The quantitative estimate of drug-likeness (QED) is 0.762. The third-order valence-corrected chi connectivity index (χ3v) is 3.59. The van der Waals surface area contributed by atoms with Crippen molar-refractivity contribution in [2.24, 2.45) is 5.92 Å². The van der Waals surface area contributed by atoms with Gasteiger partial charge in [0.25, 0.3) is 0 Å². The Labute approximate surface area is 98.4 Å². The first-order valence-electron chi connectivity index (χ1n) is 5.46. The van der Waals surface area contributed by atoms with Gasteiger partial charge in [-0.15, -0.1) is 12.4 Å². The molecule has 0 aromatic carbocycles. The first-order chi connectivity index (χ1) is 6.68. The summed E-state index contributed by atoms with van der Waals surface area (Å²) >= 11 is 0. The van der Waals surface area contributed by atoms with Crippen LogP contribution in [0.3, 0.4) is 0 Å². The summed E-state index contributed by atoms with van der Waals surface area (Å²) in [6, 6.07) is 0. The van der Waals surface area contributed by atoms with Crippen LogP contribution < -0.4 is 5.32 Å². The molecular weight excluding hydrogens is 214 g/mol. The molecule has 0 heterocycles. The number of methoxy groups -OCH3 is 1. The summed E-state index contributed by atoms with van der Waals surface area (Å²) in [5.74, 6) is 0.690. The third-order valence-electron chi connectivity index (χ3n) is 3.59. The molecule has 0 saturated heterocycles. The highest BCUT2D eigenvalue weighted by atomic mass is 35.5. The Hall–Kier alpha value is -0.280. The Kier molecular flexibility index (Phi) is 6.22. The van der Waals surface area contributed by atoms with E-state index in [1.165, 1.54) is 13.5 Å². The van der Waals surface area contributed by atoms with Crippen LogP contribution in [0.5, 0.6) is 0 Å². The van der Waals surface area contributed by atoms with Crippen molar-refractivity contribution in [2.75, 3.05) is 14.2 Å². The van der Waals surface area contributed by atoms with Gasteiger partial charge >= 0.3 is 5.97 Å². The van der Waals surface area contributed by atoms with E-state index in [4.69, 9.17) is 4.74 Å². The lowest BCUT2D eigenvalue weighted by atomic mass is 9.75. The molecule has 0 bridgehead atoms. The number of carbonyl (C=O) groups is 1. The Balaban J connectivity index is 0.00000196. The molecule has 0 spiro atoms. The summed E-state index contributed by atoms with van der Waals surface area (Å²) in [5, 5.41) is 3.14. The number of rotatable bonds is 3. The summed E-state index contributed by atoms with van der Waals surface area (Å²) in [6.07, 6.45) is 5.31. The van der Waals surface area contributed by atoms with Crippen molar-refractivity contribution < 1.29 is 9.53 Å². The number of hydrogen-bond acceptors (Lipinski definition) is 3. The predicted octanol–water partition coefficient (Wildman–Crippen LogP) is 2.14. The van der Waals surface area contributed by atoms with Crippen LogP contribution in [-0.4, -0.2) is 25.7 Å². The standard InChI is InChI=1S/C11H21NO2.ClH/c1-4-9-5-7-11(12-2,8-6-9)10(13)14-3;/h9,12H,4-8H2,1-3H3;1H/t9-,11-;. The fourth-order valence-corrected chi connectivity index (χ4v) is 2.33. The Morgan fingerprint density at radius 1 is 1.47 bits per heavy atom. The van der Waals surface area contributed by atoms with Crippen LogP contribution in [0.1, 0.15) is 39.0 Å². The van der Waals surface area contributed by atoms with Crippen molar-refractivity contribution in [1.29, 1.82) is 0 Å². The van der Waals surface area contributed by atoms with Crippen molar-refractivity contribution in [3.63, 3.8) is 0 Å². The molecule has 1 fully saturated rings. The van der Waals surface area contributed by atoms with E-state index in [-0.39, 0.29) is 18.4 Å². The zero-order valence-corrected chi connectivity index (χ0v) is 10.7. The number of carbonyl (C=O) groups excluding carboxylic acids is 1. The lowest BCUT2D eigenvalue weighted by Crippen LogP contribution is -2.53. The number of hydrogen-bond donors (Lipinski definition) is 1. The van der Waals surface area contributed by atoms with E-state index in [0.29, 0.717) is 0 Å². The molecular formula is C11H22ClNO2. The summed E-state index contributed by atoms with van der Waals surface area (Å²) in [4.78, 5) is 11.6. The lowest BCUT2D eigenvalue weighted by molar-refractivity contribution is -0.150. The van der Waals surface area contributed by atoms with Gasteiger partial charge in [-0.05, 0) is 38.6 Å². The SMILES string of the molecule is CC[C@H]1CC[C@@](NC)(C(=O)OC)CC1.Cl. The van der Waals surface area contributed by atoms with Gasteiger partial charge in [-0.1, -0.05) is 13.3 Å². The predicted molar refractivity (Wildman–Crippen MR) is 63.3 cm³/mol. The van der Waals surface area contributed by atoms with Crippen molar-refractivity contribution in [2.45, 2.75) is 44.6 Å². The van der Waals surface area contributed by atoms with Gasteiger partial charge < -0.3 is 10.1 Å². The van der Waals surface area contributed by atoms with Gasteiger partial charge in [0, 0.05) is 0 Å². The maximum atomic E-state index is 11.6. The third kappa shape index (κ3) is 3.08. The number of esters is 1. The van der Waals surface area contributed by atoms with Crippen molar-refractivity contribution in [1.82, 2.24) is 5.32 Å². The molecule has 1 N–H and O–H groups in total. The Bertz CT molecular complexity index is 201. The normalized spacial score (nSPS) is 30.5. The number of halogens is 1. The maximum Gasteiger partial charge on any atom is 0.326 e. The van der Waals surface area contributed by atoms with E-state index < -0.39 is 5.54 Å². The first-order valence-corrected chi connectivity index (χ1v) is 5.46. The number of nitrogens with one attached hydrogen (secondary N) is 1. The molecule has 0 unspecified atom stereocenters. The largest absolute Gasteiger partial charge is 0.468 e. The monoisotopic (exact) mass is 235 g/mol. The fourth-order valence-electron chi connectivity index (χ4n) is 2.33. The fraction of sp³-hybridized carbons (Fsp3) is 0.909. The van der Waals surface area contributed by atoms with Crippen LogP contribution in [0, 0.1) is 5.92 Å². The van der Waals surface area contributed by atoms with E-state index in [2.05, 4.69) is 12.2 Å². The zero-order valence-electron chi connectivity index (χ0n) is 9.84. The molecule has 1 saturated carbocycles. The van der Waals surface area contributed by atoms with Gasteiger partial charge in [0.15, 0.2) is 0 Å². The van der Waals surface area contributed by atoms with Gasteiger partial charge in [0.05, 0.1) is 7.11 Å². The van der Waals surface area contributed by atoms with E-state index in [1.54, 1.807) is 0 Å². The van der Waals surface area contributed by atoms with Crippen molar-refractivity contribution in [3.05, 3.63) is 0 Å². The minimum atomic E-state index is -0.402. The van der Waals surface area contributed by atoms with Crippen molar-refractivity contribution >= 4 is 18.4 Å². The van der Waals surface area contributed by atoms with E-state index in [0.717, 1.165) is 31.6 Å². The molecule has 0 aromatic heterocycles. The minimum absolute atomic E-state index is 0. The van der Waals surface area contributed by atoms with Gasteiger partial charge in [-0.3, -0.25) is 4.79 Å².